The third kappa shape index (κ3) is 4.52. The lowest BCUT2D eigenvalue weighted by molar-refractivity contribution is 0.0709. The van der Waals surface area contributed by atoms with Crippen molar-refractivity contribution in [2.75, 3.05) is 13.1 Å². The number of amides is 1. The molecule has 0 atom stereocenters. The zero-order chi connectivity index (χ0) is 24.5. The van der Waals surface area contributed by atoms with Crippen LogP contribution in [-0.2, 0) is 13.1 Å². The molecule has 0 aromatic carbocycles. The van der Waals surface area contributed by atoms with Gasteiger partial charge in [-0.25, -0.2) is 4.98 Å². The molecule has 0 bridgehead atoms. The van der Waals surface area contributed by atoms with Gasteiger partial charge in [-0.05, 0) is 64.3 Å². The van der Waals surface area contributed by atoms with E-state index in [4.69, 9.17) is 4.52 Å². The summed E-state index contributed by atoms with van der Waals surface area (Å²) in [6, 6.07) is 6.06. The van der Waals surface area contributed by atoms with Gasteiger partial charge in [-0.3, -0.25) is 9.78 Å². The molecule has 0 spiro atoms. The fraction of sp³-hybridized carbons (Fsp3) is 0.407. The summed E-state index contributed by atoms with van der Waals surface area (Å²) in [4.78, 5) is 24.2. The molecule has 1 aliphatic heterocycles. The number of carbonyl (C=O) groups excluding carboxylic acids is 1. The zero-order valence-electron chi connectivity index (χ0n) is 20.9. The smallest absolute Gasteiger partial charge is 0.255 e. The first kappa shape index (κ1) is 23.1. The van der Waals surface area contributed by atoms with Gasteiger partial charge in [0.05, 0.1) is 17.8 Å². The van der Waals surface area contributed by atoms with Crippen molar-refractivity contribution in [3.63, 3.8) is 0 Å². The monoisotopic (exact) mass is 472 g/mol. The molecule has 8 heteroatoms. The summed E-state index contributed by atoms with van der Waals surface area (Å²) in [5, 5.41) is 4.08. The van der Waals surface area contributed by atoms with E-state index in [9.17, 15) is 4.79 Å². The van der Waals surface area contributed by atoms with Crippen molar-refractivity contribution in [3.8, 4) is 0 Å². The molecule has 8 nitrogen and oxygen atoms in total. The summed E-state index contributed by atoms with van der Waals surface area (Å²) < 4.78 is 9.74. The van der Waals surface area contributed by atoms with Crippen LogP contribution >= 0.6 is 0 Å². The Morgan fingerprint density at radius 1 is 1.06 bits per heavy atom. The lowest BCUT2D eigenvalue weighted by atomic mass is 9.95. The van der Waals surface area contributed by atoms with Crippen molar-refractivity contribution in [1.29, 1.82) is 0 Å². The van der Waals surface area contributed by atoms with E-state index in [-0.39, 0.29) is 5.91 Å². The van der Waals surface area contributed by atoms with Crippen molar-refractivity contribution >= 4 is 5.91 Å². The van der Waals surface area contributed by atoms with E-state index in [0.29, 0.717) is 12.5 Å². The van der Waals surface area contributed by atoms with Gasteiger partial charge < -0.3 is 18.6 Å². The van der Waals surface area contributed by atoms with Crippen LogP contribution in [0.25, 0.3) is 0 Å². The van der Waals surface area contributed by atoms with E-state index in [0.717, 1.165) is 72.3 Å². The molecule has 1 saturated heterocycles. The standard InChI is InChI=1S/C27H32N6O2/c1-18-15-24(20(3)33(18)16-22-5-9-28-10-6-22)27(34)31-12-7-23(8-13-31)26-29-11-14-32(26)17-25-19(2)30-35-21(25)4/h5-6,9-11,14-15,23H,7-8,12-13,16-17H2,1-4H3. The van der Waals surface area contributed by atoms with Gasteiger partial charge in [0.15, 0.2) is 0 Å². The fourth-order valence-corrected chi connectivity index (χ4v) is 5.16. The van der Waals surface area contributed by atoms with Crippen LogP contribution in [-0.4, -0.2) is 48.2 Å². The van der Waals surface area contributed by atoms with Crippen LogP contribution in [0.3, 0.4) is 0 Å². The molecule has 1 aliphatic rings. The molecule has 1 amide bonds. The Morgan fingerprint density at radius 2 is 1.80 bits per heavy atom. The highest BCUT2D eigenvalue weighted by atomic mass is 16.5. The number of nitrogens with zero attached hydrogens (tertiary/aromatic N) is 6. The van der Waals surface area contributed by atoms with Gasteiger partial charge >= 0.3 is 0 Å². The first-order chi connectivity index (χ1) is 16.9. The average molecular weight is 473 g/mol. The van der Waals surface area contributed by atoms with Crippen LogP contribution in [0.15, 0.2) is 47.5 Å². The van der Waals surface area contributed by atoms with Gasteiger partial charge in [-0.2, -0.15) is 0 Å². The van der Waals surface area contributed by atoms with Gasteiger partial charge in [-0.1, -0.05) is 5.16 Å². The van der Waals surface area contributed by atoms with E-state index in [1.165, 1.54) is 5.56 Å². The summed E-state index contributed by atoms with van der Waals surface area (Å²) in [6.07, 6.45) is 9.30. The third-order valence-corrected chi connectivity index (χ3v) is 7.30. The van der Waals surface area contributed by atoms with Crippen LogP contribution in [0.4, 0.5) is 0 Å². The van der Waals surface area contributed by atoms with E-state index >= 15 is 0 Å². The number of rotatable bonds is 6. The molecule has 182 valence electrons. The summed E-state index contributed by atoms with van der Waals surface area (Å²) in [5.74, 6) is 2.38. The first-order valence-corrected chi connectivity index (χ1v) is 12.2. The molecule has 0 radical (unpaired) electrons. The number of aromatic nitrogens is 5. The zero-order valence-corrected chi connectivity index (χ0v) is 20.9. The molecular formula is C27H32N6O2. The Labute approximate surface area is 205 Å². The van der Waals surface area contributed by atoms with Crippen molar-refractivity contribution < 1.29 is 9.32 Å². The summed E-state index contributed by atoms with van der Waals surface area (Å²) in [5.41, 5.74) is 6.12. The highest BCUT2D eigenvalue weighted by molar-refractivity contribution is 5.95. The maximum absolute atomic E-state index is 13.4. The van der Waals surface area contributed by atoms with Crippen molar-refractivity contribution in [3.05, 3.63) is 88.3 Å². The highest BCUT2D eigenvalue weighted by Gasteiger charge is 2.29. The fourth-order valence-electron chi connectivity index (χ4n) is 5.16. The lowest BCUT2D eigenvalue weighted by Gasteiger charge is -2.32. The summed E-state index contributed by atoms with van der Waals surface area (Å²) in [7, 11) is 0. The molecule has 4 aromatic heterocycles. The number of aryl methyl sites for hydroxylation is 3. The van der Waals surface area contributed by atoms with E-state index < -0.39 is 0 Å². The molecule has 0 unspecified atom stereocenters. The number of piperidine rings is 1. The molecule has 4 aromatic rings. The Hall–Kier alpha value is -3.68. The van der Waals surface area contributed by atoms with Crippen molar-refractivity contribution in [1.82, 2.24) is 29.2 Å². The minimum Gasteiger partial charge on any atom is -0.361 e. The first-order valence-electron chi connectivity index (χ1n) is 12.2. The quantitative estimate of drug-likeness (QED) is 0.415. The minimum absolute atomic E-state index is 0.122. The molecule has 5 heterocycles. The van der Waals surface area contributed by atoms with Crippen LogP contribution in [0, 0.1) is 27.7 Å². The Balaban J connectivity index is 1.26. The number of likely N-dealkylation sites (tertiary alicyclic amines) is 1. The Kier molecular flexibility index (Phi) is 6.28. The third-order valence-electron chi connectivity index (χ3n) is 7.30. The van der Waals surface area contributed by atoms with Gasteiger partial charge in [0.2, 0.25) is 0 Å². The topological polar surface area (TPSA) is 82.0 Å². The van der Waals surface area contributed by atoms with Gasteiger partial charge in [0.1, 0.15) is 11.6 Å². The number of hydrogen-bond donors (Lipinski definition) is 0. The largest absolute Gasteiger partial charge is 0.361 e. The second-order valence-electron chi connectivity index (χ2n) is 9.51. The maximum Gasteiger partial charge on any atom is 0.255 e. The molecule has 0 aliphatic carbocycles. The van der Waals surface area contributed by atoms with E-state index in [1.807, 2.05) is 56.3 Å². The van der Waals surface area contributed by atoms with Crippen LogP contribution < -0.4 is 0 Å². The van der Waals surface area contributed by atoms with Crippen LogP contribution in [0.1, 0.15) is 68.9 Å². The molecule has 5 rings (SSSR count). The van der Waals surface area contributed by atoms with E-state index in [1.54, 1.807) is 12.4 Å². The second-order valence-corrected chi connectivity index (χ2v) is 9.51. The number of carbonyl (C=O) groups is 1. The molecule has 0 saturated carbocycles. The highest BCUT2D eigenvalue weighted by Crippen LogP contribution is 2.29. The molecular weight excluding hydrogens is 440 g/mol. The normalized spacial score (nSPS) is 14.6. The Bertz CT molecular complexity index is 1310. The number of hydrogen-bond acceptors (Lipinski definition) is 5. The molecule has 0 N–H and O–H groups in total. The minimum atomic E-state index is 0.122. The van der Waals surface area contributed by atoms with Gasteiger partial charge in [0.25, 0.3) is 5.91 Å². The number of pyridine rings is 1. The van der Waals surface area contributed by atoms with Crippen LogP contribution in [0.5, 0.6) is 0 Å². The predicted molar refractivity (Wildman–Crippen MR) is 132 cm³/mol. The van der Waals surface area contributed by atoms with Gasteiger partial charge in [-0.15, -0.1) is 0 Å². The number of imidazole rings is 1. The lowest BCUT2D eigenvalue weighted by Crippen LogP contribution is -2.38. The van der Waals surface area contributed by atoms with Crippen LogP contribution in [0.2, 0.25) is 0 Å². The Morgan fingerprint density at radius 3 is 2.49 bits per heavy atom. The predicted octanol–water partition coefficient (Wildman–Crippen LogP) is 4.42. The van der Waals surface area contributed by atoms with Crippen molar-refractivity contribution in [2.24, 2.45) is 0 Å². The average Bonchev–Trinajstić information content (AvgIpc) is 3.55. The molecule has 1 fully saturated rings. The summed E-state index contributed by atoms with van der Waals surface area (Å²) >= 11 is 0. The second kappa shape index (κ2) is 9.52. The SMILES string of the molecule is Cc1noc(C)c1Cn1ccnc1C1CCN(C(=O)c2cc(C)n(Cc3ccncc3)c2C)CC1. The summed E-state index contributed by atoms with van der Waals surface area (Å²) in [6.45, 7) is 10.9. The molecule has 35 heavy (non-hydrogen) atoms. The van der Waals surface area contributed by atoms with Gasteiger partial charge in [0, 0.05) is 67.3 Å². The van der Waals surface area contributed by atoms with E-state index in [2.05, 4.69) is 31.2 Å². The van der Waals surface area contributed by atoms with Crippen molar-refractivity contribution in [2.45, 2.75) is 59.5 Å². The maximum atomic E-state index is 13.4.